The van der Waals surface area contributed by atoms with Crippen LogP contribution in [-0.4, -0.2) is 106 Å². The van der Waals surface area contributed by atoms with Crippen LogP contribution < -0.4 is 25.6 Å². The van der Waals surface area contributed by atoms with E-state index >= 15 is 0 Å². The number of hydrogen-bond donors (Lipinski definition) is 5. The molecule has 0 radical (unpaired) electrons. The van der Waals surface area contributed by atoms with E-state index in [2.05, 4.69) is 35.6 Å². The number of anilines is 2. The fraction of sp³-hybridized carbons (Fsp3) is 0.333. The molecule has 284 valence electrons. The number of halogens is 3. The van der Waals surface area contributed by atoms with Crippen LogP contribution >= 0.6 is 0 Å². The van der Waals surface area contributed by atoms with E-state index in [0.29, 0.717) is 61.1 Å². The minimum atomic E-state index is -5.01. The summed E-state index contributed by atoms with van der Waals surface area (Å²) in [5.41, 5.74) is 2.12. The number of carboxylic acid groups (broad SMARTS) is 1. The molecule has 2 unspecified atom stereocenters. The summed E-state index contributed by atoms with van der Waals surface area (Å²) in [4.78, 5) is 65.9. The molecule has 18 heteroatoms. The zero-order chi connectivity index (χ0) is 38.6. The van der Waals surface area contributed by atoms with Gasteiger partial charge in [0.05, 0.1) is 23.5 Å². The topological polar surface area (TPSA) is 185 Å². The number of hydrogen-bond acceptors (Lipinski definition) is 8. The van der Waals surface area contributed by atoms with Crippen LogP contribution in [0.1, 0.15) is 42.0 Å². The highest BCUT2D eigenvalue weighted by Crippen LogP contribution is 2.37. The smallest absolute Gasteiger partial charge is 0.465 e. The Morgan fingerprint density at radius 1 is 0.963 bits per heavy atom. The Hall–Kier alpha value is -6.33. The van der Waals surface area contributed by atoms with Gasteiger partial charge in [-0.15, -0.1) is 13.2 Å². The quantitative estimate of drug-likeness (QED) is 0.156. The third kappa shape index (κ3) is 8.65. The molecule has 2 aromatic carbocycles. The number of aromatic nitrogens is 3. The van der Waals surface area contributed by atoms with E-state index in [1.807, 2.05) is 11.8 Å². The first-order chi connectivity index (χ1) is 25.8. The number of urea groups is 1. The number of carbonyl (C=O) groups excluding carboxylic acids is 3. The predicted octanol–water partition coefficient (Wildman–Crippen LogP) is 5.07. The maximum atomic E-state index is 13.6. The highest BCUT2D eigenvalue weighted by Gasteiger charge is 2.34. The molecule has 0 spiro atoms. The second-order valence-corrected chi connectivity index (χ2v) is 12.8. The first-order valence-electron chi connectivity index (χ1n) is 17.1. The Morgan fingerprint density at radius 3 is 2.39 bits per heavy atom. The molecular weight excluding hydrogens is 711 g/mol. The predicted molar refractivity (Wildman–Crippen MR) is 191 cm³/mol. The molecule has 15 nitrogen and oxygen atoms in total. The fourth-order valence-electron chi connectivity index (χ4n) is 6.65. The summed E-state index contributed by atoms with van der Waals surface area (Å²) in [5, 5.41) is 16.2. The van der Waals surface area contributed by atoms with Crippen LogP contribution in [0.4, 0.5) is 34.3 Å². The minimum Gasteiger partial charge on any atom is -0.465 e. The lowest BCUT2D eigenvalue weighted by atomic mass is 10.0. The Balaban J connectivity index is 1.13. The van der Waals surface area contributed by atoms with Crippen molar-refractivity contribution in [3.05, 3.63) is 78.4 Å². The fourth-order valence-corrected chi connectivity index (χ4v) is 6.65. The standard InChI is InChI=1S/C36H38F3N9O6/c1-21-20-46(14-15-47(21)34(51)40-2)30-12-9-24(17-41-30)33(50)44-25-10-11-26(29(16-25)54-36(37,38)39)22-5-7-23(8-6-22)27-18-42-32(45-27)28-4-3-13-48(28)31(49)19-43-35(52)53/h5-12,16-18,21,28,43H,3-4,13-15,19-20H2,1-2H3,(H,40,51)(H,42,45)(H,44,50)(H,52,53). The molecule has 2 atom stereocenters. The van der Waals surface area contributed by atoms with E-state index in [1.165, 1.54) is 18.3 Å². The van der Waals surface area contributed by atoms with Crippen LogP contribution in [0.15, 0.2) is 67.0 Å². The number of aromatic amines is 1. The van der Waals surface area contributed by atoms with Gasteiger partial charge < -0.3 is 45.5 Å². The van der Waals surface area contributed by atoms with E-state index < -0.39 is 24.1 Å². The van der Waals surface area contributed by atoms with Crippen molar-refractivity contribution in [1.82, 2.24) is 35.4 Å². The van der Waals surface area contributed by atoms with E-state index in [4.69, 9.17) is 5.11 Å². The summed E-state index contributed by atoms with van der Waals surface area (Å²) >= 11 is 0. The lowest BCUT2D eigenvalue weighted by molar-refractivity contribution is -0.274. The highest BCUT2D eigenvalue weighted by atomic mass is 19.4. The van der Waals surface area contributed by atoms with Gasteiger partial charge in [-0.2, -0.15) is 0 Å². The van der Waals surface area contributed by atoms with Crippen molar-refractivity contribution in [2.45, 2.75) is 38.2 Å². The number of piperazine rings is 1. The second-order valence-electron chi connectivity index (χ2n) is 12.8. The Labute approximate surface area is 307 Å². The third-order valence-electron chi connectivity index (χ3n) is 9.28. The molecule has 4 aromatic rings. The molecule has 2 aliphatic heterocycles. The zero-order valence-electron chi connectivity index (χ0n) is 29.3. The number of nitrogens with one attached hydrogen (secondary N) is 4. The van der Waals surface area contributed by atoms with Crippen molar-refractivity contribution in [2.75, 3.05) is 50.0 Å². The number of likely N-dealkylation sites (tertiary alicyclic amines) is 1. The molecular formula is C36H38F3N9O6. The van der Waals surface area contributed by atoms with Gasteiger partial charge in [-0.3, -0.25) is 9.59 Å². The normalized spacial score (nSPS) is 17.2. The Morgan fingerprint density at radius 2 is 1.72 bits per heavy atom. The van der Waals surface area contributed by atoms with Gasteiger partial charge in [-0.25, -0.2) is 19.6 Å². The summed E-state index contributed by atoms with van der Waals surface area (Å²) < 4.78 is 45.0. The molecule has 2 fully saturated rings. The Kier molecular flexibility index (Phi) is 10.9. The van der Waals surface area contributed by atoms with Crippen LogP contribution in [0.2, 0.25) is 0 Å². The average molecular weight is 750 g/mol. The number of imidazole rings is 1. The van der Waals surface area contributed by atoms with Crippen LogP contribution in [-0.2, 0) is 4.79 Å². The van der Waals surface area contributed by atoms with Crippen LogP contribution in [0.3, 0.4) is 0 Å². The molecule has 0 bridgehead atoms. The first-order valence-corrected chi connectivity index (χ1v) is 17.1. The van der Waals surface area contributed by atoms with Crippen molar-refractivity contribution < 1.29 is 42.2 Å². The highest BCUT2D eigenvalue weighted by molar-refractivity contribution is 6.04. The molecule has 54 heavy (non-hydrogen) atoms. The number of carbonyl (C=O) groups is 4. The number of ether oxygens (including phenoxy) is 1. The number of rotatable bonds is 9. The van der Waals surface area contributed by atoms with Gasteiger partial charge in [0, 0.05) is 62.8 Å². The van der Waals surface area contributed by atoms with Crippen molar-refractivity contribution >= 4 is 35.4 Å². The number of benzene rings is 2. The van der Waals surface area contributed by atoms with E-state index in [0.717, 1.165) is 12.5 Å². The molecule has 2 aliphatic rings. The van der Waals surface area contributed by atoms with Gasteiger partial charge in [0.2, 0.25) is 5.91 Å². The number of H-pyrrole nitrogens is 1. The molecule has 0 saturated carbocycles. The van der Waals surface area contributed by atoms with Crippen molar-refractivity contribution in [3.8, 4) is 28.1 Å². The molecule has 5 N–H and O–H groups in total. The van der Waals surface area contributed by atoms with Crippen molar-refractivity contribution in [3.63, 3.8) is 0 Å². The largest absolute Gasteiger partial charge is 0.573 e. The summed E-state index contributed by atoms with van der Waals surface area (Å²) in [6, 6.07) is 13.3. The summed E-state index contributed by atoms with van der Waals surface area (Å²) in [6.45, 7) is 3.65. The van der Waals surface area contributed by atoms with Gasteiger partial charge in [0.1, 0.15) is 23.9 Å². The van der Waals surface area contributed by atoms with E-state index in [1.54, 1.807) is 59.4 Å². The third-order valence-corrected chi connectivity index (χ3v) is 9.28. The lowest BCUT2D eigenvalue weighted by Gasteiger charge is -2.40. The SMILES string of the molecule is CNC(=O)N1CCN(c2ccc(C(=O)Nc3ccc(-c4ccc(-c5cnc(C6CCCN6C(=O)CNC(=O)O)[nH]5)cc4)c(OC(F)(F)F)c3)cn2)CC1C. The number of amides is 5. The molecule has 0 aliphatic carbocycles. The maximum absolute atomic E-state index is 13.6. The maximum Gasteiger partial charge on any atom is 0.573 e. The minimum absolute atomic E-state index is 0.0623. The first kappa shape index (κ1) is 37.4. The monoisotopic (exact) mass is 749 g/mol. The van der Waals surface area contributed by atoms with Crippen LogP contribution in [0.25, 0.3) is 22.4 Å². The van der Waals surface area contributed by atoms with Gasteiger partial charge in [-0.05, 0) is 55.2 Å². The van der Waals surface area contributed by atoms with Crippen LogP contribution in [0.5, 0.6) is 5.75 Å². The van der Waals surface area contributed by atoms with Gasteiger partial charge in [0.25, 0.3) is 5.91 Å². The molecule has 6 rings (SSSR count). The summed E-state index contributed by atoms with van der Waals surface area (Å²) in [5.74, 6) is -0.301. The molecule has 5 amide bonds. The number of pyridine rings is 1. The lowest BCUT2D eigenvalue weighted by Crippen LogP contribution is -2.56. The average Bonchev–Trinajstić information content (AvgIpc) is 3.84. The van der Waals surface area contributed by atoms with Crippen molar-refractivity contribution in [1.29, 1.82) is 0 Å². The summed E-state index contributed by atoms with van der Waals surface area (Å²) in [7, 11) is 1.58. The van der Waals surface area contributed by atoms with E-state index in [9.17, 15) is 32.3 Å². The zero-order valence-corrected chi connectivity index (χ0v) is 29.3. The second kappa shape index (κ2) is 15.7. The Bertz CT molecular complexity index is 2010. The van der Waals surface area contributed by atoms with Gasteiger partial charge >= 0.3 is 18.5 Å². The number of alkyl halides is 3. The molecule has 4 heterocycles. The van der Waals surface area contributed by atoms with Gasteiger partial charge in [0.15, 0.2) is 0 Å². The van der Waals surface area contributed by atoms with Crippen LogP contribution in [0, 0.1) is 0 Å². The van der Waals surface area contributed by atoms with Crippen molar-refractivity contribution in [2.24, 2.45) is 0 Å². The van der Waals surface area contributed by atoms with E-state index in [-0.39, 0.29) is 47.4 Å². The molecule has 2 saturated heterocycles. The van der Waals surface area contributed by atoms with Gasteiger partial charge in [-0.1, -0.05) is 24.3 Å². The number of nitrogens with zero attached hydrogens (tertiary/aromatic N) is 5. The molecule has 2 aromatic heterocycles. The summed E-state index contributed by atoms with van der Waals surface area (Å²) in [6.07, 6.45) is -1.95.